The van der Waals surface area contributed by atoms with Crippen LogP contribution in [0.4, 0.5) is 0 Å². The summed E-state index contributed by atoms with van der Waals surface area (Å²) in [6.45, 7) is -2.20. The van der Waals surface area contributed by atoms with E-state index < -0.39 is 61.0 Å². The summed E-state index contributed by atoms with van der Waals surface area (Å²) in [4.78, 5) is 11.5. The van der Waals surface area contributed by atoms with Gasteiger partial charge in [0.15, 0.2) is 0 Å². The van der Waals surface area contributed by atoms with E-state index >= 15 is 0 Å². The molecule has 0 saturated carbocycles. The van der Waals surface area contributed by atoms with Crippen LogP contribution in [0.2, 0.25) is 0 Å². The normalized spacial score (nSPS) is 10.2. The van der Waals surface area contributed by atoms with E-state index in [0.717, 1.165) is 12.8 Å². The number of rotatable bonds is 35. The summed E-state index contributed by atoms with van der Waals surface area (Å²) in [5, 5.41) is 240. The number of esters is 1. The Labute approximate surface area is 471 Å². The topological polar surface area (TPSA) is 633 Å². The summed E-state index contributed by atoms with van der Waals surface area (Å²) in [6, 6.07) is 0. The maximum atomic E-state index is 11.5. The summed E-state index contributed by atoms with van der Waals surface area (Å²) in [7, 11) is 0. The standard InChI is InChI=1S/C18H36O2.10C3H8O3/c1-3-5-7-9-11-12-14-16-18(19)20-17-15-13-10-8-6-4-2;10*4-1-3(6)2-5/h3-17H2,1-2H3;10*3-6H,1-2H2. The lowest BCUT2D eigenvalue weighted by molar-refractivity contribution is -0.143. The van der Waals surface area contributed by atoms with Crippen molar-refractivity contribution in [1.82, 2.24) is 0 Å². The zero-order valence-corrected chi connectivity index (χ0v) is 47.3. The van der Waals surface area contributed by atoms with Gasteiger partial charge in [0.1, 0.15) is 61.0 Å². The Balaban J connectivity index is -0.0000000761. The van der Waals surface area contributed by atoms with Crippen molar-refractivity contribution in [2.75, 3.05) is 139 Å². The van der Waals surface area contributed by atoms with E-state index in [1.165, 1.54) is 70.6 Å². The number of hydrogen-bond donors (Lipinski definition) is 30. The second-order valence-electron chi connectivity index (χ2n) is 16.0. The van der Waals surface area contributed by atoms with Gasteiger partial charge in [-0.1, -0.05) is 84.5 Å². The molecule has 0 aliphatic carbocycles. The van der Waals surface area contributed by atoms with Crippen molar-refractivity contribution in [1.29, 1.82) is 0 Å². The van der Waals surface area contributed by atoms with E-state index in [1.54, 1.807) is 0 Å². The largest absolute Gasteiger partial charge is 0.466 e. The molecule has 0 amide bonds. The van der Waals surface area contributed by atoms with E-state index in [2.05, 4.69) is 13.8 Å². The summed E-state index contributed by atoms with van der Waals surface area (Å²) in [5.41, 5.74) is 0. The minimum Gasteiger partial charge on any atom is -0.466 e. The van der Waals surface area contributed by atoms with Gasteiger partial charge in [0, 0.05) is 6.42 Å². The van der Waals surface area contributed by atoms with Crippen LogP contribution in [0.1, 0.15) is 104 Å². The van der Waals surface area contributed by atoms with Crippen molar-refractivity contribution >= 4 is 5.97 Å². The third-order valence-electron chi connectivity index (χ3n) is 7.96. The molecule has 0 unspecified atom stereocenters. The van der Waals surface area contributed by atoms with Gasteiger partial charge in [-0.3, -0.25) is 4.79 Å². The molecule has 0 radical (unpaired) electrons. The van der Waals surface area contributed by atoms with Crippen molar-refractivity contribution < 1.29 is 163 Å². The predicted octanol–water partition coefficient (Wildman–Crippen LogP) is -10.7. The summed E-state index contributed by atoms with van der Waals surface area (Å²) in [6.07, 6.45) is 7.29. The first kappa shape index (κ1) is 103. The first-order valence-corrected chi connectivity index (χ1v) is 26.0. The van der Waals surface area contributed by atoms with Gasteiger partial charge < -0.3 is 158 Å². The van der Waals surface area contributed by atoms with Crippen molar-refractivity contribution in [2.24, 2.45) is 0 Å². The average molecular weight is 1210 g/mol. The number of aliphatic hydroxyl groups excluding tert-OH is 30. The third-order valence-corrected chi connectivity index (χ3v) is 7.96. The Kier molecular flexibility index (Phi) is 128. The molecule has 500 valence electrons. The van der Waals surface area contributed by atoms with E-state index in [0.29, 0.717) is 13.0 Å². The maximum Gasteiger partial charge on any atom is 0.305 e. The maximum absolute atomic E-state index is 11.5. The highest BCUT2D eigenvalue weighted by Gasteiger charge is 2.03. The molecule has 0 aliphatic heterocycles. The molecule has 0 aliphatic rings. The average Bonchev–Trinajstić information content (AvgIpc) is 3.51. The van der Waals surface area contributed by atoms with Gasteiger partial charge >= 0.3 is 5.97 Å². The Hall–Kier alpha value is -1.73. The van der Waals surface area contributed by atoms with Gasteiger partial charge in [-0.25, -0.2) is 0 Å². The van der Waals surface area contributed by atoms with Crippen molar-refractivity contribution in [3.63, 3.8) is 0 Å². The van der Waals surface area contributed by atoms with E-state index in [9.17, 15) is 4.79 Å². The minimum atomic E-state index is -0.954. The van der Waals surface area contributed by atoms with Crippen LogP contribution in [0.15, 0.2) is 0 Å². The lowest BCUT2D eigenvalue weighted by Gasteiger charge is -2.05. The van der Waals surface area contributed by atoms with E-state index in [4.69, 9.17) is 158 Å². The third kappa shape index (κ3) is 136. The zero-order valence-electron chi connectivity index (χ0n) is 47.3. The van der Waals surface area contributed by atoms with E-state index in [1.807, 2.05) is 0 Å². The molecular formula is C48H116O32. The number of carbonyl (C=O) groups excluding carboxylic acids is 1. The van der Waals surface area contributed by atoms with Gasteiger partial charge in [-0.05, 0) is 12.8 Å². The quantitative estimate of drug-likeness (QED) is 0.0207. The molecule has 0 aromatic heterocycles. The Morgan fingerprint density at radius 1 is 0.237 bits per heavy atom. The summed E-state index contributed by atoms with van der Waals surface area (Å²) in [5.74, 6) is 0.00659. The van der Waals surface area contributed by atoms with Crippen LogP contribution < -0.4 is 0 Å². The van der Waals surface area contributed by atoms with Crippen LogP contribution in [0, 0.1) is 0 Å². The van der Waals surface area contributed by atoms with Gasteiger partial charge in [0.25, 0.3) is 0 Å². The van der Waals surface area contributed by atoms with Crippen molar-refractivity contribution in [3.05, 3.63) is 0 Å². The molecule has 0 heterocycles. The van der Waals surface area contributed by atoms with Crippen LogP contribution in [-0.4, -0.2) is 359 Å². The minimum absolute atomic E-state index is 0.00659. The molecule has 0 fully saturated rings. The lowest BCUT2D eigenvalue weighted by atomic mass is 10.1. The Morgan fingerprint density at radius 2 is 0.375 bits per heavy atom. The number of carbonyl (C=O) groups is 1. The highest BCUT2D eigenvalue weighted by atomic mass is 16.5. The molecule has 32 nitrogen and oxygen atoms in total. The Bertz CT molecular complexity index is 736. The zero-order chi connectivity index (χ0) is 64.8. The van der Waals surface area contributed by atoms with Crippen LogP contribution in [0.3, 0.4) is 0 Å². The number of ether oxygens (including phenoxy) is 1. The highest BCUT2D eigenvalue weighted by molar-refractivity contribution is 5.69. The number of hydrogen-bond acceptors (Lipinski definition) is 32. The summed E-state index contributed by atoms with van der Waals surface area (Å²) >= 11 is 0. The Morgan fingerprint density at radius 3 is 0.512 bits per heavy atom. The fourth-order valence-corrected chi connectivity index (χ4v) is 2.94. The van der Waals surface area contributed by atoms with Crippen LogP contribution in [0.25, 0.3) is 0 Å². The molecule has 0 rings (SSSR count). The predicted molar refractivity (Wildman–Crippen MR) is 289 cm³/mol. The molecule has 80 heavy (non-hydrogen) atoms. The monoisotopic (exact) mass is 1200 g/mol. The highest BCUT2D eigenvalue weighted by Crippen LogP contribution is 2.09. The fourth-order valence-electron chi connectivity index (χ4n) is 2.94. The van der Waals surface area contributed by atoms with Gasteiger partial charge in [0.2, 0.25) is 0 Å². The SMILES string of the molecule is CCCCCCCCCC(=O)OCCCCCCCC.OCC(O)CO.OCC(O)CO.OCC(O)CO.OCC(O)CO.OCC(O)CO.OCC(O)CO.OCC(O)CO.OCC(O)CO.OCC(O)CO.OCC(O)CO. The van der Waals surface area contributed by atoms with Crippen LogP contribution >= 0.6 is 0 Å². The van der Waals surface area contributed by atoms with Gasteiger partial charge in [-0.15, -0.1) is 0 Å². The summed E-state index contributed by atoms with van der Waals surface area (Å²) < 4.78 is 5.25. The molecule has 0 aromatic rings. The van der Waals surface area contributed by atoms with Crippen LogP contribution in [0.5, 0.6) is 0 Å². The van der Waals surface area contributed by atoms with Gasteiger partial charge in [0.05, 0.1) is 139 Å². The smallest absolute Gasteiger partial charge is 0.305 e. The molecule has 0 atom stereocenters. The molecule has 0 spiro atoms. The van der Waals surface area contributed by atoms with Crippen molar-refractivity contribution in [2.45, 2.75) is 165 Å². The first-order valence-electron chi connectivity index (χ1n) is 26.0. The molecule has 0 aromatic carbocycles. The lowest BCUT2D eigenvalue weighted by Crippen LogP contribution is -2.15. The molecule has 0 saturated heterocycles. The van der Waals surface area contributed by atoms with Crippen LogP contribution in [-0.2, 0) is 9.53 Å². The number of aliphatic hydroxyl groups is 30. The molecule has 0 bridgehead atoms. The number of unbranched alkanes of at least 4 members (excludes halogenated alkanes) is 11. The second kappa shape index (κ2) is 99.3. The van der Waals surface area contributed by atoms with Gasteiger partial charge in [-0.2, -0.15) is 0 Å². The molecule has 32 heteroatoms. The second-order valence-corrected chi connectivity index (χ2v) is 16.0. The van der Waals surface area contributed by atoms with E-state index in [-0.39, 0.29) is 138 Å². The molecular weight excluding hydrogens is 1090 g/mol. The van der Waals surface area contributed by atoms with Crippen molar-refractivity contribution in [3.8, 4) is 0 Å². The molecule has 30 N–H and O–H groups in total. The first-order chi connectivity index (χ1) is 37.9. The fraction of sp³-hybridized carbons (Fsp3) is 0.979.